The fourth-order valence-corrected chi connectivity index (χ4v) is 8.32. The van der Waals surface area contributed by atoms with E-state index in [1.807, 2.05) is 0 Å². The number of nitrogens with zero attached hydrogens (tertiary/aromatic N) is 2. The van der Waals surface area contributed by atoms with E-state index in [9.17, 15) is 146 Å². The molecule has 0 aromatic carbocycles. The number of aliphatic carboxylic acids is 2. The van der Waals surface area contributed by atoms with E-state index in [1.54, 1.807) is 0 Å². The Balaban J connectivity index is 6.30. The number of rotatable bonds is 27. The summed E-state index contributed by atoms with van der Waals surface area (Å²) in [6, 6.07) is -5.62. The first kappa shape index (κ1) is 67.8. The van der Waals surface area contributed by atoms with Crippen LogP contribution in [0, 0.1) is 0 Å². The van der Waals surface area contributed by atoms with Gasteiger partial charge in [-0.1, -0.05) is 0 Å². The molecule has 0 aliphatic carbocycles. The van der Waals surface area contributed by atoms with Crippen LogP contribution < -0.4 is 0 Å². The lowest BCUT2D eigenvalue weighted by Gasteiger charge is -2.41. The number of carboxylic acid groups (broad SMARTS) is 2. The number of hydrogen-bond acceptors (Lipinski definition) is 10. The molecule has 71 heavy (non-hydrogen) atoms. The molecule has 0 spiro atoms. The van der Waals surface area contributed by atoms with E-state index in [0.717, 1.165) is 0 Å². The number of halogens is 25. The van der Waals surface area contributed by atoms with Gasteiger partial charge in [0.2, 0.25) is 24.3 Å². The number of carboxylic acids is 2. The first-order valence-corrected chi connectivity index (χ1v) is 21.6. The molecule has 0 saturated carbocycles. The Hall–Kier alpha value is -3.15. The highest BCUT2D eigenvalue weighted by Gasteiger charge is 2.84. The third-order valence-electron chi connectivity index (χ3n) is 9.55. The molecule has 6 unspecified atom stereocenters. The van der Waals surface area contributed by atoms with Crippen LogP contribution in [0.2, 0.25) is 0 Å². The maximum absolute atomic E-state index is 14.6. The minimum atomic E-state index is -8.04. The fourth-order valence-electron chi connectivity index (χ4n) is 5.19. The summed E-state index contributed by atoms with van der Waals surface area (Å²) >= 11 is 0. The van der Waals surface area contributed by atoms with Crippen molar-refractivity contribution >= 4 is 31.6 Å². The molecule has 0 aromatic rings. The number of ether oxygens (including phenoxy) is 4. The van der Waals surface area contributed by atoms with Crippen molar-refractivity contribution in [2.75, 3.05) is 77.5 Å². The molecule has 0 heterocycles. The number of quaternary nitrogens is 2. The van der Waals surface area contributed by atoms with Crippen molar-refractivity contribution in [3.63, 3.8) is 0 Å². The predicted octanol–water partition coefficient (Wildman–Crippen LogP) is 6.30. The van der Waals surface area contributed by atoms with Crippen molar-refractivity contribution in [3.05, 3.63) is 0 Å². The van der Waals surface area contributed by atoms with E-state index < -0.39 is 188 Å². The lowest BCUT2D eigenvalue weighted by atomic mass is 10.1. The summed E-state index contributed by atoms with van der Waals surface area (Å²) in [5, 5.41) is 19.1. The summed E-state index contributed by atoms with van der Waals surface area (Å²) in [5.41, 5.74) is -5.78. The molecule has 0 fully saturated rings. The highest BCUT2D eigenvalue weighted by Crippen LogP contribution is 2.56. The minimum Gasteiger partial charge on any atom is -0.477 e. The van der Waals surface area contributed by atoms with Gasteiger partial charge in [-0.15, -0.1) is 0 Å². The average molecular weight is 1160 g/mol. The van der Waals surface area contributed by atoms with Gasteiger partial charge in [0, 0.05) is 0 Å². The average Bonchev–Trinajstić information content (AvgIpc) is 3.08. The standard InChI is InChI=1S/C30H35F25N2O12S2/c1-20(31,25(41,42)43)28(50,51)67-16(21(32,33)34)10-56(2,3)14(18(58)59)12-70(62,63)8-6-66-7-9-71(64,65)13-15(19(60)61)57(4,5)11-17(22(35,36)37)68-30(54,55)24(40,27(47,48)49)69-29(52,53)23(38,39)26(44,45)46/h14-17H,6-13H2,1-5H3/p+2. The zero-order valence-electron chi connectivity index (χ0n) is 35.6. The second-order valence-electron chi connectivity index (χ2n) is 16.1. The summed E-state index contributed by atoms with van der Waals surface area (Å²) in [7, 11) is -9.01. The second kappa shape index (κ2) is 21.2. The third-order valence-corrected chi connectivity index (χ3v) is 12.8. The molecule has 0 radical (unpaired) electrons. The van der Waals surface area contributed by atoms with Gasteiger partial charge in [0.1, 0.15) is 24.6 Å². The largest absolute Gasteiger partial charge is 0.477 e. The van der Waals surface area contributed by atoms with Gasteiger partial charge in [-0.25, -0.2) is 30.8 Å². The third kappa shape index (κ3) is 16.9. The summed E-state index contributed by atoms with van der Waals surface area (Å²) in [5.74, 6) is -27.6. The monoisotopic (exact) mass is 1160 g/mol. The number of alkyl halides is 25. The van der Waals surface area contributed by atoms with Crippen LogP contribution in [0.3, 0.4) is 0 Å². The first-order chi connectivity index (χ1) is 30.6. The van der Waals surface area contributed by atoms with Gasteiger partial charge >= 0.3 is 72.9 Å². The predicted molar refractivity (Wildman–Crippen MR) is 179 cm³/mol. The Morgan fingerprint density at radius 3 is 1.06 bits per heavy atom. The van der Waals surface area contributed by atoms with E-state index in [0.29, 0.717) is 14.1 Å². The Kier molecular flexibility index (Phi) is 20.3. The number of likely N-dealkylation sites (N-methyl/N-ethyl adjacent to an activating group) is 2. The maximum atomic E-state index is 14.6. The highest BCUT2D eigenvalue weighted by atomic mass is 32.2. The van der Waals surface area contributed by atoms with E-state index in [4.69, 9.17) is 0 Å². The molecule has 14 nitrogen and oxygen atoms in total. The summed E-state index contributed by atoms with van der Waals surface area (Å²) in [6.07, 6.45) is -66.0. The van der Waals surface area contributed by atoms with Gasteiger partial charge in [0.05, 0.1) is 52.9 Å². The zero-order valence-corrected chi connectivity index (χ0v) is 37.2. The van der Waals surface area contributed by atoms with Gasteiger partial charge in [-0.3, -0.25) is 14.2 Å². The van der Waals surface area contributed by atoms with Crippen molar-refractivity contribution in [2.24, 2.45) is 0 Å². The molecule has 0 aliphatic rings. The van der Waals surface area contributed by atoms with Crippen LogP contribution in [0.1, 0.15) is 6.92 Å². The highest BCUT2D eigenvalue weighted by molar-refractivity contribution is 7.91. The van der Waals surface area contributed by atoms with E-state index in [-0.39, 0.29) is 14.1 Å². The van der Waals surface area contributed by atoms with Crippen molar-refractivity contribution in [1.29, 1.82) is 0 Å². The molecule has 0 rings (SSSR count). The van der Waals surface area contributed by atoms with Gasteiger partial charge in [-0.2, -0.15) is 105 Å². The normalized spacial score (nSPS) is 18.6. The second-order valence-corrected chi connectivity index (χ2v) is 20.5. The minimum absolute atomic E-state index is 0.153. The van der Waals surface area contributed by atoms with E-state index >= 15 is 0 Å². The molecule has 6 atom stereocenters. The van der Waals surface area contributed by atoms with Crippen molar-refractivity contribution < 1.29 is 174 Å². The van der Waals surface area contributed by atoms with Crippen LogP contribution in [-0.2, 0) is 48.2 Å². The Bertz CT molecular complexity index is 2060. The number of sulfone groups is 2. The van der Waals surface area contributed by atoms with Crippen LogP contribution >= 0.6 is 0 Å². The molecule has 0 amide bonds. The molecule has 424 valence electrons. The van der Waals surface area contributed by atoms with E-state index in [1.165, 1.54) is 4.74 Å². The van der Waals surface area contributed by atoms with Crippen molar-refractivity contribution in [1.82, 2.24) is 0 Å². The van der Waals surface area contributed by atoms with Gasteiger partial charge in [0.25, 0.3) is 5.67 Å². The van der Waals surface area contributed by atoms with Crippen molar-refractivity contribution in [2.45, 2.75) is 97.9 Å². The molecule has 0 aliphatic heterocycles. The van der Waals surface area contributed by atoms with Crippen LogP contribution in [0.25, 0.3) is 0 Å². The summed E-state index contributed by atoms with van der Waals surface area (Å²) in [6.45, 7) is -8.21. The van der Waals surface area contributed by atoms with Gasteiger partial charge in [-0.05, 0) is 6.92 Å². The molecule has 41 heteroatoms. The lowest BCUT2D eigenvalue weighted by Crippen LogP contribution is -2.67. The lowest BCUT2D eigenvalue weighted by molar-refractivity contribution is -0.909. The Morgan fingerprint density at radius 1 is 0.493 bits per heavy atom. The van der Waals surface area contributed by atoms with Gasteiger partial charge in [0.15, 0.2) is 19.7 Å². The SMILES string of the molecule is CC(F)(C(F)(F)F)C(F)(F)OC(C[N+](C)(C)C(CS(=O)(=O)CCOCCS(=O)(=O)CC(C(=O)O)[N+](C)(C)CC(OC(F)(F)C(F)(OC(F)(F)C(F)(F)C(F)(F)F)C(F)(F)F)C(F)(F)F)C(=O)O)C(F)(F)F. The smallest absolute Gasteiger partial charge is 0.462 e. The van der Waals surface area contributed by atoms with Gasteiger partial charge < -0.3 is 23.9 Å². The quantitative estimate of drug-likeness (QED) is 0.0534. The molecule has 2 N–H and O–H groups in total. The number of hydrogen-bond donors (Lipinski definition) is 2. The number of carbonyl (C=O) groups is 2. The first-order valence-electron chi connectivity index (χ1n) is 18.0. The summed E-state index contributed by atoms with van der Waals surface area (Å²) < 4.78 is 396. The maximum Gasteiger partial charge on any atom is 0.462 e. The van der Waals surface area contributed by atoms with E-state index in [2.05, 4.69) is 14.2 Å². The van der Waals surface area contributed by atoms with Crippen LogP contribution in [0.4, 0.5) is 110 Å². The topological polar surface area (TPSA) is 180 Å². The molecule has 0 aromatic heterocycles. The fraction of sp³-hybridized carbons (Fsp3) is 0.933. The van der Waals surface area contributed by atoms with Crippen LogP contribution in [0.15, 0.2) is 0 Å². The molecular formula is C30H37F25N2O12S2+2. The Morgan fingerprint density at radius 2 is 0.803 bits per heavy atom. The molecular weight excluding hydrogens is 1120 g/mol. The Labute approximate surface area is 381 Å². The zero-order chi connectivity index (χ0) is 57.4. The summed E-state index contributed by atoms with van der Waals surface area (Å²) in [4.78, 5) is 23.9. The van der Waals surface area contributed by atoms with Crippen LogP contribution in [0.5, 0.6) is 0 Å². The molecule has 0 saturated heterocycles. The van der Waals surface area contributed by atoms with Crippen molar-refractivity contribution in [3.8, 4) is 0 Å². The molecule has 0 bridgehead atoms. The van der Waals surface area contributed by atoms with Crippen LogP contribution in [-0.4, -0.2) is 216 Å².